The lowest BCUT2D eigenvalue weighted by molar-refractivity contribution is 0.141. The third-order valence-corrected chi connectivity index (χ3v) is 4.31. The van der Waals surface area contributed by atoms with Crippen molar-refractivity contribution in [1.29, 1.82) is 0 Å². The SMILES string of the molecule is O=C(O)OC1=NC=CN2C1=NC(c1ccccn1)CC2c1ccccc1. The standard InChI is InChI=1S/C19H16N4O3/c24-19(25)26-18-17-22-15(14-8-4-5-9-20-14)12-16(23(17)11-10-21-18)13-6-2-1-3-7-13/h1-11,15-16H,12H2,(H,24,25). The van der Waals surface area contributed by atoms with Crippen molar-refractivity contribution in [3.63, 3.8) is 0 Å². The maximum absolute atomic E-state index is 11.0. The van der Waals surface area contributed by atoms with E-state index in [9.17, 15) is 4.79 Å². The summed E-state index contributed by atoms with van der Waals surface area (Å²) >= 11 is 0. The van der Waals surface area contributed by atoms with Gasteiger partial charge in [-0.2, -0.15) is 0 Å². The van der Waals surface area contributed by atoms with E-state index >= 15 is 0 Å². The molecule has 130 valence electrons. The van der Waals surface area contributed by atoms with Crippen LogP contribution in [0.25, 0.3) is 0 Å². The lowest BCUT2D eigenvalue weighted by Gasteiger charge is -2.38. The van der Waals surface area contributed by atoms with E-state index in [0.717, 1.165) is 11.3 Å². The Morgan fingerprint density at radius 3 is 2.69 bits per heavy atom. The van der Waals surface area contributed by atoms with Crippen molar-refractivity contribution in [2.24, 2.45) is 9.98 Å². The van der Waals surface area contributed by atoms with E-state index in [1.54, 1.807) is 12.4 Å². The van der Waals surface area contributed by atoms with Crippen molar-refractivity contribution in [2.45, 2.75) is 18.5 Å². The zero-order valence-corrected chi connectivity index (χ0v) is 13.8. The van der Waals surface area contributed by atoms with Gasteiger partial charge in [-0.15, -0.1) is 0 Å². The van der Waals surface area contributed by atoms with E-state index in [2.05, 4.69) is 9.98 Å². The van der Waals surface area contributed by atoms with E-state index < -0.39 is 6.16 Å². The van der Waals surface area contributed by atoms with Gasteiger partial charge >= 0.3 is 6.16 Å². The lowest BCUT2D eigenvalue weighted by atomic mass is 9.94. The zero-order valence-electron chi connectivity index (χ0n) is 13.8. The second-order valence-electron chi connectivity index (χ2n) is 5.89. The van der Waals surface area contributed by atoms with Crippen molar-refractivity contribution in [1.82, 2.24) is 9.88 Å². The minimum absolute atomic E-state index is 0.0263. The fourth-order valence-electron chi connectivity index (χ4n) is 3.20. The molecule has 0 saturated carbocycles. The maximum Gasteiger partial charge on any atom is 0.512 e. The first kappa shape index (κ1) is 16.0. The highest BCUT2D eigenvalue weighted by atomic mass is 16.7. The molecule has 0 radical (unpaired) electrons. The highest BCUT2D eigenvalue weighted by Gasteiger charge is 2.36. The van der Waals surface area contributed by atoms with Gasteiger partial charge in [-0.1, -0.05) is 36.4 Å². The molecule has 0 aliphatic carbocycles. The average molecular weight is 348 g/mol. The van der Waals surface area contributed by atoms with Crippen molar-refractivity contribution >= 4 is 17.9 Å². The van der Waals surface area contributed by atoms with Gasteiger partial charge in [-0.05, 0) is 17.7 Å². The largest absolute Gasteiger partial charge is 0.512 e. The summed E-state index contributed by atoms with van der Waals surface area (Å²) in [4.78, 5) is 26.1. The summed E-state index contributed by atoms with van der Waals surface area (Å²) in [6.45, 7) is 0. The lowest BCUT2D eigenvalue weighted by Crippen LogP contribution is -2.43. The van der Waals surface area contributed by atoms with E-state index in [1.165, 1.54) is 6.20 Å². The van der Waals surface area contributed by atoms with Gasteiger partial charge < -0.3 is 14.7 Å². The van der Waals surface area contributed by atoms with Crippen LogP contribution in [-0.4, -0.2) is 32.9 Å². The molecule has 26 heavy (non-hydrogen) atoms. The van der Waals surface area contributed by atoms with E-state index in [-0.39, 0.29) is 18.0 Å². The van der Waals surface area contributed by atoms with Crippen LogP contribution < -0.4 is 0 Å². The highest BCUT2D eigenvalue weighted by Crippen LogP contribution is 2.38. The fourth-order valence-corrected chi connectivity index (χ4v) is 3.20. The number of ether oxygens (including phenoxy) is 1. The Morgan fingerprint density at radius 2 is 1.96 bits per heavy atom. The predicted molar refractivity (Wildman–Crippen MR) is 95.7 cm³/mol. The molecular weight excluding hydrogens is 332 g/mol. The molecule has 0 amide bonds. The summed E-state index contributed by atoms with van der Waals surface area (Å²) in [5, 5.41) is 9.01. The van der Waals surface area contributed by atoms with Crippen LogP contribution in [0.15, 0.2) is 77.1 Å². The summed E-state index contributed by atoms with van der Waals surface area (Å²) in [6.07, 6.45) is 4.32. The molecule has 0 spiro atoms. The Morgan fingerprint density at radius 1 is 1.15 bits per heavy atom. The number of aliphatic imine (C=N–C) groups is 2. The summed E-state index contributed by atoms with van der Waals surface area (Å²) in [5.74, 6) is 0.368. The molecule has 0 fully saturated rings. The van der Waals surface area contributed by atoms with Gasteiger partial charge in [0.2, 0.25) is 0 Å². The quantitative estimate of drug-likeness (QED) is 0.839. The molecule has 2 aromatic rings. The predicted octanol–water partition coefficient (Wildman–Crippen LogP) is 3.55. The van der Waals surface area contributed by atoms with Gasteiger partial charge in [0.05, 0.1) is 17.8 Å². The van der Waals surface area contributed by atoms with Gasteiger partial charge in [0, 0.05) is 25.0 Å². The van der Waals surface area contributed by atoms with E-state index in [0.29, 0.717) is 12.3 Å². The first-order chi connectivity index (χ1) is 12.7. The number of hydrogen-bond donors (Lipinski definition) is 1. The molecule has 2 atom stereocenters. The monoisotopic (exact) mass is 348 g/mol. The highest BCUT2D eigenvalue weighted by molar-refractivity contribution is 6.40. The van der Waals surface area contributed by atoms with Crippen LogP contribution in [-0.2, 0) is 4.74 Å². The number of carboxylic acid groups (broad SMARTS) is 1. The van der Waals surface area contributed by atoms with Crippen LogP contribution in [0.5, 0.6) is 0 Å². The average Bonchev–Trinajstić information content (AvgIpc) is 2.68. The molecule has 4 rings (SSSR count). The molecule has 1 N–H and O–H groups in total. The van der Waals surface area contributed by atoms with Crippen molar-refractivity contribution in [3.8, 4) is 0 Å². The maximum atomic E-state index is 11.0. The van der Waals surface area contributed by atoms with Crippen LogP contribution in [0.1, 0.15) is 29.8 Å². The minimum Gasteiger partial charge on any atom is -0.449 e. The Bertz CT molecular complexity index is 894. The third-order valence-electron chi connectivity index (χ3n) is 4.31. The molecule has 0 saturated heterocycles. The molecular formula is C19H16N4O3. The Hall–Kier alpha value is -3.48. The van der Waals surface area contributed by atoms with Crippen LogP contribution in [0.3, 0.4) is 0 Å². The summed E-state index contributed by atoms with van der Waals surface area (Å²) in [7, 11) is 0. The number of rotatable bonds is 2. The second-order valence-corrected chi connectivity index (χ2v) is 5.89. The normalized spacial score (nSPS) is 21.5. The number of benzene rings is 1. The van der Waals surface area contributed by atoms with Crippen LogP contribution in [0.4, 0.5) is 4.79 Å². The first-order valence-corrected chi connectivity index (χ1v) is 8.20. The number of amidine groups is 1. The third kappa shape index (κ3) is 3.06. The summed E-state index contributed by atoms with van der Waals surface area (Å²) in [5.41, 5.74) is 1.92. The van der Waals surface area contributed by atoms with Gasteiger partial charge in [0.1, 0.15) is 0 Å². The molecule has 2 aliphatic heterocycles. The van der Waals surface area contributed by atoms with Crippen molar-refractivity contribution in [3.05, 3.63) is 78.4 Å². The van der Waals surface area contributed by atoms with Crippen LogP contribution >= 0.6 is 0 Å². The summed E-state index contributed by atoms with van der Waals surface area (Å²) in [6, 6.07) is 15.4. The molecule has 2 unspecified atom stereocenters. The van der Waals surface area contributed by atoms with Gasteiger partial charge in [-0.25, -0.2) is 9.79 Å². The van der Waals surface area contributed by atoms with Crippen LogP contribution in [0.2, 0.25) is 0 Å². The van der Waals surface area contributed by atoms with Gasteiger partial charge in [0.25, 0.3) is 5.90 Å². The number of aromatic nitrogens is 1. The molecule has 1 aromatic carbocycles. The van der Waals surface area contributed by atoms with Gasteiger partial charge in [0.15, 0.2) is 5.84 Å². The topological polar surface area (TPSA) is 87.4 Å². The zero-order chi connectivity index (χ0) is 17.9. The molecule has 0 bridgehead atoms. The molecule has 1 aromatic heterocycles. The molecule has 7 nitrogen and oxygen atoms in total. The second kappa shape index (κ2) is 6.79. The number of pyridine rings is 1. The van der Waals surface area contributed by atoms with E-state index in [4.69, 9.17) is 14.8 Å². The van der Waals surface area contributed by atoms with Gasteiger partial charge in [-0.3, -0.25) is 9.98 Å². The Kier molecular flexibility index (Phi) is 4.18. The fraction of sp³-hybridized carbons (Fsp3) is 0.158. The number of nitrogens with zero attached hydrogens (tertiary/aromatic N) is 4. The number of hydrogen-bond acceptors (Lipinski definition) is 6. The number of carbonyl (C=O) groups is 1. The Balaban J connectivity index is 1.78. The smallest absolute Gasteiger partial charge is 0.449 e. The molecule has 3 heterocycles. The van der Waals surface area contributed by atoms with Crippen LogP contribution in [0, 0.1) is 0 Å². The van der Waals surface area contributed by atoms with Crippen molar-refractivity contribution in [2.75, 3.05) is 0 Å². The summed E-state index contributed by atoms with van der Waals surface area (Å²) < 4.78 is 4.85. The Labute approximate surface area is 150 Å². The molecule has 7 heteroatoms. The first-order valence-electron chi connectivity index (χ1n) is 8.20. The van der Waals surface area contributed by atoms with E-state index in [1.807, 2.05) is 53.4 Å². The van der Waals surface area contributed by atoms with Crippen molar-refractivity contribution < 1.29 is 14.6 Å². The minimum atomic E-state index is -1.42. The number of fused-ring (bicyclic) bond motifs is 1. The molecule has 2 aliphatic rings.